The number of ether oxygens (including phenoxy) is 2. The average molecular weight is 385 g/mol. The first-order valence-corrected chi connectivity index (χ1v) is 10.7. The summed E-state index contributed by atoms with van der Waals surface area (Å²) >= 11 is 1.78. The molecule has 27 heavy (non-hydrogen) atoms. The Bertz CT molecular complexity index is 855. The Hall–Kier alpha value is -2.05. The van der Waals surface area contributed by atoms with Crippen molar-refractivity contribution in [2.45, 2.75) is 32.2 Å². The molecule has 1 aliphatic carbocycles. The molecular formula is C21H24N2O3S. The number of amides is 1. The minimum Gasteiger partial charge on any atom is -0.454 e. The van der Waals surface area contributed by atoms with E-state index in [-0.39, 0.29) is 5.91 Å². The van der Waals surface area contributed by atoms with Gasteiger partial charge in [-0.3, -0.25) is 9.69 Å². The van der Waals surface area contributed by atoms with Crippen molar-refractivity contribution in [1.29, 1.82) is 0 Å². The molecule has 0 unspecified atom stereocenters. The number of aryl methyl sites for hydroxylation is 1. The molecule has 5 rings (SSSR count). The summed E-state index contributed by atoms with van der Waals surface area (Å²) in [5.41, 5.74) is 3.53. The third-order valence-corrected chi connectivity index (χ3v) is 6.88. The molecule has 1 saturated heterocycles. The molecule has 0 N–H and O–H groups in total. The van der Waals surface area contributed by atoms with E-state index in [2.05, 4.69) is 22.4 Å². The highest BCUT2D eigenvalue weighted by Gasteiger charge is 2.27. The van der Waals surface area contributed by atoms with E-state index >= 15 is 0 Å². The summed E-state index contributed by atoms with van der Waals surface area (Å²) in [5, 5.41) is 2.09. The maximum absolute atomic E-state index is 13.0. The van der Waals surface area contributed by atoms with Gasteiger partial charge in [0.15, 0.2) is 11.5 Å². The first kappa shape index (κ1) is 17.1. The Morgan fingerprint density at radius 3 is 2.74 bits per heavy atom. The highest BCUT2D eigenvalue weighted by Crippen LogP contribution is 2.33. The van der Waals surface area contributed by atoms with Crippen molar-refractivity contribution in [1.82, 2.24) is 9.80 Å². The predicted octanol–water partition coefficient (Wildman–Crippen LogP) is 3.31. The lowest BCUT2D eigenvalue weighted by Crippen LogP contribution is -2.48. The molecule has 0 bridgehead atoms. The topological polar surface area (TPSA) is 42.0 Å². The van der Waals surface area contributed by atoms with Crippen LogP contribution in [0, 0.1) is 0 Å². The number of fused-ring (bicyclic) bond motifs is 2. The molecule has 5 nitrogen and oxygen atoms in total. The van der Waals surface area contributed by atoms with Crippen molar-refractivity contribution in [2.75, 3.05) is 33.0 Å². The molecule has 3 aliphatic rings. The van der Waals surface area contributed by atoms with Gasteiger partial charge in [-0.1, -0.05) is 6.07 Å². The molecule has 0 radical (unpaired) electrons. The van der Waals surface area contributed by atoms with Gasteiger partial charge in [0.1, 0.15) is 0 Å². The van der Waals surface area contributed by atoms with Gasteiger partial charge >= 0.3 is 0 Å². The van der Waals surface area contributed by atoms with Gasteiger partial charge in [0.25, 0.3) is 5.91 Å². The summed E-state index contributed by atoms with van der Waals surface area (Å²) in [6.07, 6.45) is 4.70. The average Bonchev–Trinajstić information content (AvgIpc) is 3.34. The van der Waals surface area contributed by atoms with Crippen LogP contribution < -0.4 is 9.47 Å². The Kier molecular flexibility index (Phi) is 4.53. The van der Waals surface area contributed by atoms with Crippen LogP contribution >= 0.6 is 11.3 Å². The number of benzene rings is 1. The van der Waals surface area contributed by atoms with Crippen molar-refractivity contribution < 1.29 is 14.3 Å². The van der Waals surface area contributed by atoms with Crippen molar-refractivity contribution in [3.05, 3.63) is 45.1 Å². The Balaban J connectivity index is 1.20. The van der Waals surface area contributed by atoms with Gasteiger partial charge in [-0.15, -0.1) is 11.3 Å². The molecule has 1 aromatic heterocycles. The van der Waals surface area contributed by atoms with Crippen molar-refractivity contribution in [3.8, 4) is 11.5 Å². The molecule has 2 aromatic rings. The Morgan fingerprint density at radius 2 is 1.85 bits per heavy atom. The predicted molar refractivity (Wildman–Crippen MR) is 105 cm³/mol. The van der Waals surface area contributed by atoms with Gasteiger partial charge in [0, 0.05) is 43.0 Å². The quantitative estimate of drug-likeness (QED) is 0.814. The minimum absolute atomic E-state index is 0.233. The van der Waals surface area contributed by atoms with Gasteiger partial charge in [0.05, 0.1) is 5.56 Å². The highest BCUT2D eigenvalue weighted by molar-refractivity contribution is 7.10. The fraction of sp³-hybridized carbons (Fsp3) is 0.476. The van der Waals surface area contributed by atoms with E-state index in [4.69, 9.17) is 9.47 Å². The zero-order chi connectivity index (χ0) is 18.2. The summed E-state index contributed by atoms with van der Waals surface area (Å²) in [5.74, 6) is 1.90. The number of piperazine rings is 1. The molecular weight excluding hydrogens is 360 g/mol. The van der Waals surface area contributed by atoms with Crippen LogP contribution in [0.25, 0.3) is 0 Å². The fourth-order valence-electron chi connectivity index (χ4n) is 4.25. The van der Waals surface area contributed by atoms with E-state index in [0.717, 1.165) is 62.6 Å². The second-order valence-corrected chi connectivity index (χ2v) is 8.48. The number of carbonyl (C=O) groups is 1. The van der Waals surface area contributed by atoms with Crippen LogP contribution in [0.4, 0.5) is 0 Å². The summed E-state index contributed by atoms with van der Waals surface area (Å²) in [7, 11) is 0. The summed E-state index contributed by atoms with van der Waals surface area (Å²) < 4.78 is 10.9. The smallest absolute Gasteiger partial charge is 0.255 e. The van der Waals surface area contributed by atoms with Crippen LogP contribution in [0.15, 0.2) is 23.6 Å². The maximum Gasteiger partial charge on any atom is 0.255 e. The number of thiophene rings is 1. The maximum atomic E-state index is 13.0. The lowest BCUT2D eigenvalue weighted by Gasteiger charge is -2.35. The van der Waals surface area contributed by atoms with Gasteiger partial charge in [0.2, 0.25) is 6.79 Å². The van der Waals surface area contributed by atoms with Crippen LogP contribution in [0.1, 0.15) is 39.2 Å². The number of rotatable bonds is 3. The number of hydrogen-bond donors (Lipinski definition) is 0. The zero-order valence-corrected chi connectivity index (χ0v) is 16.2. The van der Waals surface area contributed by atoms with Crippen LogP contribution in [-0.2, 0) is 19.4 Å². The minimum atomic E-state index is 0.233. The zero-order valence-electron chi connectivity index (χ0n) is 15.4. The largest absolute Gasteiger partial charge is 0.454 e. The number of carbonyl (C=O) groups excluding carboxylic acids is 1. The molecule has 1 aromatic carbocycles. The molecule has 142 valence electrons. The van der Waals surface area contributed by atoms with E-state index < -0.39 is 0 Å². The SMILES string of the molecule is O=C(c1csc2c1CCCC2)N1CCN(Cc2ccc3c(c2)OCO3)CC1. The second-order valence-electron chi connectivity index (χ2n) is 7.51. The molecule has 0 atom stereocenters. The van der Waals surface area contributed by atoms with Gasteiger partial charge < -0.3 is 14.4 Å². The summed E-state index contributed by atoms with van der Waals surface area (Å²) in [4.78, 5) is 18.9. The Morgan fingerprint density at radius 1 is 1.04 bits per heavy atom. The normalized spacial score (nSPS) is 19.2. The van der Waals surface area contributed by atoms with Gasteiger partial charge in [-0.25, -0.2) is 0 Å². The van der Waals surface area contributed by atoms with Crippen LogP contribution in [0.5, 0.6) is 11.5 Å². The van der Waals surface area contributed by atoms with Crippen LogP contribution in [-0.4, -0.2) is 48.7 Å². The molecule has 2 aliphatic heterocycles. The Labute approximate surface area is 163 Å². The summed E-state index contributed by atoms with van der Waals surface area (Å²) in [6, 6.07) is 6.15. The van der Waals surface area contributed by atoms with Crippen molar-refractivity contribution >= 4 is 17.2 Å². The van der Waals surface area contributed by atoms with E-state index in [1.807, 2.05) is 11.0 Å². The molecule has 1 amide bonds. The van der Waals surface area contributed by atoms with Crippen LogP contribution in [0.2, 0.25) is 0 Å². The number of hydrogen-bond acceptors (Lipinski definition) is 5. The molecule has 3 heterocycles. The molecule has 0 saturated carbocycles. The van der Waals surface area contributed by atoms with Crippen LogP contribution in [0.3, 0.4) is 0 Å². The fourth-order valence-corrected chi connectivity index (χ4v) is 5.37. The first-order chi connectivity index (χ1) is 13.3. The van der Waals surface area contributed by atoms with Crippen molar-refractivity contribution in [3.63, 3.8) is 0 Å². The summed E-state index contributed by atoms with van der Waals surface area (Å²) in [6.45, 7) is 4.61. The monoisotopic (exact) mass is 384 g/mol. The first-order valence-electron chi connectivity index (χ1n) is 9.77. The molecule has 6 heteroatoms. The van der Waals surface area contributed by atoms with E-state index in [1.165, 1.54) is 28.8 Å². The van der Waals surface area contributed by atoms with E-state index in [1.54, 1.807) is 11.3 Å². The van der Waals surface area contributed by atoms with E-state index in [9.17, 15) is 4.79 Å². The van der Waals surface area contributed by atoms with Gasteiger partial charge in [-0.2, -0.15) is 0 Å². The lowest BCUT2D eigenvalue weighted by atomic mass is 9.95. The molecule has 0 spiro atoms. The third-order valence-electron chi connectivity index (χ3n) is 5.79. The number of nitrogens with zero attached hydrogens (tertiary/aromatic N) is 2. The standard InChI is InChI=1S/C21H24N2O3S/c24-21(17-13-27-20-4-2-1-3-16(17)20)23-9-7-22(8-10-23)12-15-5-6-18-19(11-15)26-14-25-18/h5-6,11,13H,1-4,7-10,12,14H2. The van der Waals surface area contributed by atoms with Crippen molar-refractivity contribution in [2.24, 2.45) is 0 Å². The highest BCUT2D eigenvalue weighted by atomic mass is 32.1. The lowest BCUT2D eigenvalue weighted by molar-refractivity contribution is 0.0627. The van der Waals surface area contributed by atoms with Gasteiger partial charge in [-0.05, 0) is 48.9 Å². The molecule has 1 fully saturated rings. The third kappa shape index (κ3) is 3.32. The van der Waals surface area contributed by atoms with E-state index in [0.29, 0.717) is 6.79 Å². The second kappa shape index (κ2) is 7.17.